The number of alkyl halides is 1. The van der Waals surface area contributed by atoms with Crippen LogP contribution < -0.4 is 0 Å². The van der Waals surface area contributed by atoms with E-state index in [0.29, 0.717) is 10.8 Å². The van der Waals surface area contributed by atoms with Crippen LogP contribution >= 0.6 is 11.6 Å². The average molecular weight is 201 g/mol. The van der Waals surface area contributed by atoms with Crippen molar-refractivity contribution >= 4 is 11.6 Å². The van der Waals surface area contributed by atoms with Gasteiger partial charge < -0.3 is 0 Å². The average Bonchev–Trinajstić information content (AvgIpc) is 2.49. The van der Waals surface area contributed by atoms with Gasteiger partial charge in [-0.15, -0.1) is 11.6 Å². The zero-order valence-electron chi connectivity index (χ0n) is 8.69. The first-order valence-electron chi connectivity index (χ1n) is 5.85. The summed E-state index contributed by atoms with van der Waals surface area (Å²) in [7, 11) is 0. The molecule has 2 aliphatic rings. The quantitative estimate of drug-likeness (QED) is 0.552. The van der Waals surface area contributed by atoms with Gasteiger partial charge in [-0.3, -0.25) is 0 Å². The van der Waals surface area contributed by atoms with Gasteiger partial charge in [-0.2, -0.15) is 0 Å². The molecular formula is C12H21Cl. The van der Waals surface area contributed by atoms with Crippen molar-refractivity contribution in [3.63, 3.8) is 0 Å². The normalized spacial score (nSPS) is 42.5. The minimum atomic E-state index is 0.479. The number of rotatable bonds is 1. The molecule has 0 saturated heterocycles. The molecule has 0 aromatic rings. The predicted molar refractivity (Wildman–Crippen MR) is 58.2 cm³/mol. The van der Waals surface area contributed by atoms with E-state index in [-0.39, 0.29) is 0 Å². The van der Waals surface area contributed by atoms with Gasteiger partial charge in [0.15, 0.2) is 0 Å². The predicted octanol–water partition coefficient (Wildman–Crippen LogP) is 4.36. The molecule has 13 heavy (non-hydrogen) atoms. The second kappa shape index (κ2) is 3.81. The summed E-state index contributed by atoms with van der Waals surface area (Å²) in [5.74, 6) is 0.991. The van der Waals surface area contributed by atoms with Gasteiger partial charge in [0.25, 0.3) is 0 Å². The summed E-state index contributed by atoms with van der Waals surface area (Å²) in [6.45, 7) is 2.48. The summed E-state index contributed by atoms with van der Waals surface area (Å²) in [5.41, 5.74) is 0.604. The van der Waals surface area contributed by atoms with Crippen molar-refractivity contribution in [1.29, 1.82) is 0 Å². The van der Waals surface area contributed by atoms with E-state index in [2.05, 4.69) is 6.92 Å². The molecular weight excluding hydrogens is 180 g/mol. The zero-order valence-corrected chi connectivity index (χ0v) is 9.45. The van der Waals surface area contributed by atoms with E-state index >= 15 is 0 Å². The first-order valence-corrected chi connectivity index (χ1v) is 6.28. The third-order valence-corrected chi connectivity index (χ3v) is 4.68. The smallest absolute Gasteiger partial charge is 0.0341 e. The fraction of sp³-hybridized carbons (Fsp3) is 1.00. The highest BCUT2D eigenvalue weighted by molar-refractivity contribution is 6.20. The Kier molecular flexibility index (Phi) is 2.88. The molecule has 2 rings (SSSR count). The maximum atomic E-state index is 6.22. The van der Waals surface area contributed by atoms with Crippen molar-refractivity contribution in [2.24, 2.45) is 11.3 Å². The maximum Gasteiger partial charge on any atom is 0.0341 e. The second-order valence-corrected chi connectivity index (χ2v) is 5.95. The lowest BCUT2D eigenvalue weighted by molar-refractivity contribution is 0.144. The molecule has 0 N–H and O–H groups in total. The summed E-state index contributed by atoms with van der Waals surface area (Å²) in [6, 6.07) is 0. The van der Waals surface area contributed by atoms with Gasteiger partial charge >= 0.3 is 0 Å². The Balaban J connectivity index is 1.97. The Bertz CT molecular complexity index is 172. The molecule has 1 heteroatoms. The molecule has 0 aromatic carbocycles. The van der Waals surface area contributed by atoms with Gasteiger partial charge in [0, 0.05) is 5.38 Å². The van der Waals surface area contributed by atoms with Crippen LogP contribution in [-0.4, -0.2) is 5.38 Å². The van der Waals surface area contributed by atoms with E-state index in [1.165, 1.54) is 51.4 Å². The van der Waals surface area contributed by atoms with Gasteiger partial charge in [-0.05, 0) is 43.4 Å². The highest BCUT2D eigenvalue weighted by Gasteiger charge is 2.40. The van der Waals surface area contributed by atoms with Gasteiger partial charge in [0.05, 0.1) is 0 Å². The van der Waals surface area contributed by atoms with Gasteiger partial charge in [0.2, 0.25) is 0 Å². The van der Waals surface area contributed by atoms with E-state index in [4.69, 9.17) is 11.6 Å². The van der Waals surface area contributed by atoms with Crippen LogP contribution in [0.15, 0.2) is 0 Å². The Morgan fingerprint density at radius 3 is 2.31 bits per heavy atom. The van der Waals surface area contributed by atoms with E-state index in [0.717, 1.165) is 5.92 Å². The van der Waals surface area contributed by atoms with Crippen molar-refractivity contribution in [3.05, 3.63) is 0 Å². The van der Waals surface area contributed by atoms with Crippen LogP contribution in [-0.2, 0) is 0 Å². The third-order valence-electron chi connectivity index (χ3n) is 4.31. The lowest BCUT2D eigenvalue weighted by Gasteiger charge is -2.37. The molecule has 76 valence electrons. The van der Waals surface area contributed by atoms with Crippen molar-refractivity contribution in [2.75, 3.05) is 0 Å². The largest absolute Gasteiger partial charge is 0.123 e. The van der Waals surface area contributed by atoms with E-state index < -0.39 is 0 Å². The topological polar surface area (TPSA) is 0 Å². The Morgan fingerprint density at radius 1 is 1.08 bits per heavy atom. The first-order chi connectivity index (χ1) is 6.21. The van der Waals surface area contributed by atoms with E-state index in [1.54, 1.807) is 0 Å². The van der Waals surface area contributed by atoms with Crippen LogP contribution in [0.5, 0.6) is 0 Å². The lowest BCUT2D eigenvalue weighted by Crippen LogP contribution is -2.26. The zero-order chi connectivity index (χ0) is 9.31. The molecule has 0 heterocycles. The number of hydrogen-bond donors (Lipinski definition) is 0. The Hall–Kier alpha value is 0.290. The van der Waals surface area contributed by atoms with Crippen LogP contribution in [0, 0.1) is 11.3 Å². The molecule has 0 nitrogen and oxygen atoms in total. The van der Waals surface area contributed by atoms with Gasteiger partial charge in [0.1, 0.15) is 0 Å². The second-order valence-electron chi connectivity index (χ2n) is 5.33. The van der Waals surface area contributed by atoms with Crippen molar-refractivity contribution in [2.45, 2.75) is 63.7 Å². The molecule has 0 radical (unpaired) electrons. The minimum Gasteiger partial charge on any atom is -0.123 e. The summed E-state index contributed by atoms with van der Waals surface area (Å²) in [4.78, 5) is 0. The summed E-state index contributed by atoms with van der Waals surface area (Å²) >= 11 is 6.22. The molecule has 0 aliphatic heterocycles. The number of halogens is 1. The summed E-state index contributed by atoms with van der Waals surface area (Å²) in [5, 5.41) is 0.479. The SMILES string of the molecule is CC1(C2CCCCC2)CCC(Cl)C1. The summed E-state index contributed by atoms with van der Waals surface area (Å²) < 4.78 is 0. The van der Waals surface area contributed by atoms with Crippen molar-refractivity contribution < 1.29 is 0 Å². The monoisotopic (exact) mass is 200 g/mol. The van der Waals surface area contributed by atoms with Crippen LogP contribution in [0.2, 0.25) is 0 Å². The fourth-order valence-electron chi connectivity index (χ4n) is 3.37. The van der Waals surface area contributed by atoms with E-state index in [9.17, 15) is 0 Å². The Labute approximate surface area is 87.0 Å². The van der Waals surface area contributed by atoms with E-state index in [1.807, 2.05) is 0 Å². The molecule has 0 bridgehead atoms. The van der Waals surface area contributed by atoms with Crippen LogP contribution in [0.25, 0.3) is 0 Å². The van der Waals surface area contributed by atoms with Crippen LogP contribution in [0.4, 0.5) is 0 Å². The highest BCUT2D eigenvalue weighted by atomic mass is 35.5. The molecule has 2 aliphatic carbocycles. The fourth-order valence-corrected chi connectivity index (χ4v) is 3.83. The molecule has 0 aromatic heterocycles. The first kappa shape index (κ1) is 9.83. The maximum absolute atomic E-state index is 6.22. The van der Waals surface area contributed by atoms with Gasteiger partial charge in [-0.25, -0.2) is 0 Å². The van der Waals surface area contributed by atoms with Crippen LogP contribution in [0.3, 0.4) is 0 Å². The molecule has 2 saturated carbocycles. The lowest BCUT2D eigenvalue weighted by atomic mass is 9.69. The van der Waals surface area contributed by atoms with Crippen molar-refractivity contribution in [1.82, 2.24) is 0 Å². The standard InChI is InChI=1S/C12H21Cl/c1-12(8-7-11(13)9-12)10-5-3-2-4-6-10/h10-11H,2-9H2,1H3. The van der Waals surface area contributed by atoms with Crippen LogP contribution in [0.1, 0.15) is 58.3 Å². The number of hydrogen-bond acceptors (Lipinski definition) is 0. The van der Waals surface area contributed by atoms with Crippen molar-refractivity contribution in [3.8, 4) is 0 Å². The van der Waals surface area contributed by atoms with Gasteiger partial charge in [-0.1, -0.05) is 26.2 Å². The minimum absolute atomic E-state index is 0.479. The molecule has 2 atom stereocenters. The summed E-state index contributed by atoms with van der Waals surface area (Å²) in [6.07, 6.45) is 11.3. The molecule has 0 spiro atoms. The molecule has 2 fully saturated rings. The Morgan fingerprint density at radius 2 is 1.77 bits per heavy atom. The molecule has 2 unspecified atom stereocenters. The third kappa shape index (κ3) is 2.03. The molecule has 0 amide bonds. The highest BCUT2D eigenvalue weighted by Crippen LogP contribution is 2.50.